The normalized spacial score (nSPS) is 14.1. The van der Waals surface area contributed by atoms with E-state index < -0.39 is 0 Å². The highest BCUT2D eigenvalue weighted by Gasteiger charge is 2.24. The van der Waals surface area contributed by atoms with E-state index >= 15 is 0 Å². The molecule has 0 radical (unpaired) electrons. The average Bonchev–Trinajstić information content (AvgIpc) is 3.14. The number of piperazine rings is 1. The number of oxazole rings is 1. The second kappa shape index (κ2) is 10.5. The van der Waals surface area contributed by atoms with Gasteiger partial charge in [-0.3, -0.25) is 4.79 Å². The summed E-state index contributed by atoms with van der Waals surface area (Å²) >= 11 is 1.53. The Kier molecular flexibility index (Phi) is 7.79. The quantitative estimate of drug-likeness (QED) is 0.665. The van der Waals surface area contributed by atoms with Crippen LogP contribution in [0, 0.1) is 6.92 Å². The smallest absolute Gasteiger partial charge is 0.409 e. The van der Waals surface area contributed by atoms with Crippen LogP contribution in [0.25, 0.3) is 11.5 Å². The monoisotopic (exact) mass is 431 g/mol. The van der Waals surface area contributed by atoms with E-state index in [1.54, 1.807) is 16.7 Å². The lowest BCUT2D eigenvalue weighted by molar-refractivity contribution is -0.129. The van der Waals surface area contributed by atoms with Crippen molar-refractivity contribution in [3.05, 3.63) is 41.3 Å². The molecule has 1 aromatic heterocycles. The molecule has 2 aromatic rings. The summed E-state index contributed by atoms with van der Waals surface area (Å²) < 4.78 is 10.8. The van der Waals surface area contributed by atoms with E-state index in [2.05, 4.69) is 24.0 Å². The number of hydrogen-bond acceptors (Lipinski definition) is 6. The Labute approximate surface area is 181 Å². The lowest BCUT2D eigenvalue weighted by Gasteiger charge is -2.34. The zero-order valence-corrected chi connectivity index (χ0v) is 18.7. The number of benzene rings is 1. The van der Waals surface area contributed by atoms with Gasteiger partial charge in [-0.2, -0.15) is 0 Å². The molecule has 30 heavy (non-hydrogen) atoms. The third kappa shape index (κ3) is 5.56. The summed E-state index contributed by atoms with van der Waals surface area (Å²) in [6.45, 7) is 8.29. The summed E-state index contributed by atoms with van der Waals surface area (Å²) in [5.74, 6) is 2.49. The fourth-order valence-corrected chi connectivity index (χ4v) is 4.17. The molecule has 8 heteroatoms. The van der Waals surface area contributed by atoms with Gasteiger partial charge >= 0.3 is 6.09 Å². The Morgan fingerprint density at radius 3 is 2.40 bits per heavy atom. The van der Waals surface area contributed by atoms with Crippen LogP contribution in [0.5, 0.6) is 0 Å². The van der Waals surface area contributed by atoms with E-state index in [0.717, 1.165) is 23.4 Å². The van der Waals surface area contributed by atoms with E-state index in [4.69, 9.17) is 9.15 Å². The van der Waals surface area contributed by atoms with Crippen molar-refractivity contribution in [3.63, 3.8) is 0 Å². The molecule has 1 aliphatic rings. The zero-order valence-electron chi connectivity index (χ0n) is 17.8. The minimum Gasteiger partial charge on any atom is -0.450 e. The van der Waals surface area contributed by atoms with E-state index in [-0.39, 0.29) is 12.0 Å². The molecule has 1 aromatic carbocycles. The Morgan fingerprint density at radius 2 is 1.77 bits per heavy atom. The first-order chi connectivity index (χ1) is 14.5. The molecule has 7 nitrogen and oxygen atoms in total. The number of ether oxygens (including phenoxy) is 1. The summed E-state index contributed by atoms with van der Waals surface area (Å²) in [4.78, 5) is 32.3. The minimum atomic E-state index is -0.305. The van der Waals surface area contributed by atoms with Gasteiger partial charge in [0.2, 0.25) is 11.8 Å². The van der Waals surface area contributed by atoms with Crippen molar-refractivity contribution in [2.24, 2.45) is 0 Å². The maximum atomic E-state index is 12.5. The Hall–Kier alpha value is -2.48. The summed E-state index contributed by atoms with van der Waals surface area (Å²) in [5.41, 5.74) is 3.11. The summed E-state index contributed by atoms with van der Waals surface area (Å²) in [5, 5.41) is 0. The molecular formula is C22H29N3O4S. The molecule has 0 atom stereocenters. The fraction of sp³-hybridized carbons (Fsp3) is 0.500. The van der Waals surface area contributed by atoms with Crippen molar-refractivity contribution >= 4 is 23.8 Å². The molecular weight excluding hydrogens is 402 g/mol. The highest BCUT2D eigenvalue weighted by molar-refractivity contribution is 7.99. The van der Waals surface area contributed by atoms with Crippen molar-refractivity contribution in [1.82, 2.24) is 14.8 Å². The largest absolute Gasteiger partial charge is 0.450 e. The average molecular weight is 432 g/mol. The van der Waals surface area contributed by atoms with Crippen molar-refractivity contribution in [2.45, 2.75) is 32.9 Å². The van der Waals surface area contributed by atoms with Crippen molar-refractivity contribution in [2.75, 3.05) is 38.5 Å². The highest BCUT2D eigenvalue weighted by atomic mass is 32.2. The van der Waals surface area contributed by atoms with Crippen LogP contribution < -0.4 is 0 Å². The lowest BCUT2D eigenvalue weighted by atomic mass is 10.1. The van der Waals surface area contributed by atoms with Gasteiger partial charge < -0.3 is 19.0 Å². The predicted octanol–water partition coefficient (Wildman–Crippen LogP) is 3.75. The molecule has 0 N–H and O–H groups in total. The van der Waals surface area contributed by atoms with Gasteiger partial charge in [0.05, 0.1) is 18.1 Å². The lowest BCUT2D eigenvalue weighted by Crippen LogP contribution is -2.51. The molecule has 1 aliphatic heterocycles. The van der Waals surface area contributed by atoms with Gasteiger partial charge in [0, 0.05) is 37.5 Å². The first-order valence-corrected chi connectivity index (χ1v) is 11.5. The van der Waals surface area contributed by atoms with E-state index in [0.29, 0.717) is 50.2 Å². The van der Waals surface area contributed by atoms with Crippen LogP contribution in [0.2, 0.25) is 0 Å². The molecule has 1 saturated heterocycles. The number of amides is 2. The fourth-order valence-electron chi connectivity index (χ4n) is 3.25. The minimum absolute atomic E-state index is 0.0834. The van der Waals surface area contributed by atoms with Gasteiger partial charge in [0.1, 0.15) is 5.76 Å². The number of carbonyl (C=O) groups is 2. The first kappa shape index (κ1) is 22.2. The number of hydrogen-bond donors (Lipinski definition) is 0. The van der Waals surface area contributed by atoms with Crippen LogP contribution in [-0.4, -0.2) is 65.3 Å². The second-order valence-electron chi connectivity index (χ2n) is 7.13. The van der Waals surface area contributed by atoms with Gasteiger partial charge in [-0.1, -0.05) is 19.1 Å². The van der Waals surface area contributed by atoms with E-state index in [1.807, 2.05) is 19.1 Å². The van der Waals surface area contributed by atoms with Crippen molar-refractivity contribution in [1.29, 1.82) is 0 Å². The maximum Gasteiger partial charge on any atom is 0.409 e. The molecule has 1 fully saturated rings. The van der Waals surface area contributed by atoms with Crippen molar-refractivity contribution in [3.8, 4) is 11.5 Å². The Balaban J connectivity index is 1.46. The molecule has 0 aliphatic carbocycles. The second-order valence-corrected chi connectivity index (χ2v) is 8.12. The molecule has 2 amide bonds. The van der Waals surface area contributed by atoms with Crippen molar-refractivity contribution < 1.29 is 18.7 Å². The van der Waals surface area contributed by atoms with Gasteiger partial charge in [0.25, 0.3) is 0 Å². The molecule has 0 saturated carbocycles. The summed E-state index contributed by atoms with van der Waals surface area (Å²) in [7, 11) is 0. The Morgan fingerprint density at radius 1 is 1.10 bits per heavy atom. The standard InChI is InChI=1S/C22H29N3O4S/c1-4-17-6-8-18(9-7-17)21-23-19(16(3)29-21)14-30-15-20(26)24-10-12-25(13-11-24)22(27)28-5-2/h6-9H,4-5,10-15H2,1-3H3. The number of carbonyl (C=O) groups excluding carboxylic acids is 2. The third-order valence-corrected chi connectivity index (χ3v) is 6.05. The summed E-state index contributed by atoms with van der Waals surface area (Å²) in [6.07, 6.45) is 0.694. The molecule has 2 heterocycles. The van der Waals surface area contributed by atoms with Crippen LogP contribution in [0.3, 0.4) is 0 Å². The molecule has 0 spiro atoms. The van der Waals surface area contributed by atoms with Gasteiger partial charge in [-0.25, -0.2) is 9.78 Å². The zero-order chi connectivity index (χ0) is 21.5. The van der Waals surface area contributed by atoms with Crippen LogP contribution in [0.1, 0.15) is 30.9 Å². The number of nitrogens with zero attached hydrogens (tertiary/aromatic N) is 3. The number of rotatable bonds is 7. The predicted molar refractivity (Wildman–Crippen MR) is 117 cm³/mol. The van der Waals surface area contributed by atoms with Crippen LogP contribution >= 0.6 is 11.8 Å². The molecule has 3 rings (SSSR count). The number of aromatic nitrogens is 1. The van der Waals surface area contributed by atoms with Gasteiger partial charge in [-0.15, -0.1) is 11.8 Å². The third-order valence-electron chi connectivity index (χ3n) is 5.12. The maximum absolute atomic E-state index is 12.5. The summed E-state index contributed by atoms with van der Waals surface area (Å²) in [6, 6.07) is 8.23. The van der Waals surface area contributed by atoms with Gasteiger partial charge in [0.15, 0.2) is 0 Å². The molecule has 0 bridgehead atoms. The SMILES string of the molecule is CCOC(=O)N1CCN(C(=O)CSCc2nc(-c3ccc(CC)cc3)oc2C)CC1. The van der Waals surface area contributed by atoms with E-state index in [1.165, 1.54) is 17.3 Å². The van der Waals surface area contributed by atoms with E-state index in [9.17, 15) is 9.59 Å². The Bertz CT molecular complexity index is 858. The van der Waals surface area contributed by atoms with Gasteiger partial charge in [-0.05, 0) is 38.0 Å². The topological polar surface area (TPSA) is 75.9 Å². The molecule has 162 valence electrons. The first-order valence-electron chi connectivity index (χ1n) is 10.3. The number of thioether (sulfide) groups is 1. The number of aryl methyl sites for hydroxylation is 2. The van der Waals surface area contributed by atoms with Crippen LogP contribution in [-0.2, 0) is 21.7 Å². The molecule has 0 unspecified atom stereocenters. The highest BCUT2D eigenvalue weighted by Crippen LogP contribution is 2.25. The van der Waals surface area contributed by atoms with Crippen LogP contribution in [0.4, 0.5) is 4.79 Å². The van der Waals surface area contributed by atoms with Crippen LogP contribution in [0.15, 0.2) is 28.7 Å².